The molecule has 0 aromatic heterocycles. The highest BCUT2D eigenvalue weighted by atomic mass is 16.5. The molecule has 4 nitrogen and oxygen atoms in total. The summed E-state index contributed by atoms with van der Waals surface area (Å²) in [5, 5.41) is 18.9. The lowest BCUT2D eigenvalue weighted by molar-refractivity contribution is -0.121. The Labute approximate surface area is 108 Å². The van der Waals surface area contributed by atoms with E-state index in [9.17, 15) is 15.0 Å². The summed E-state index contributed by atoms with van der Waals surface area (Å²) in [5.74, 6) is 1.05. The average Bonchev–Trinajstić information content (AvgIpc) is 2.37. The zero-order chi connectivity index (χ0) is 13.5. The molecule has 0 bridgehead atoms. The molecule has 0 saturated carbocycles. The Balaban J connectivity index is 2.34. The van der Waals surface area contributed by atoms with Gasteiger partial charge in [-0.1, -0.05) is 13.0 Å². The second-order valence-electron chi connectivity index (χ2n) is 4.68. The Morgan fingerprint density at radius 3 is 2.94 bits per heavy atom. The van der Waals surface area contributed by atoms with Crippen molar-refractivity contribution in [2.75, 3.05) is 7.11 Å². The second-order valence-corrected chi connectivity index (χ2v) is 4.68. The molecule has 1 aliphatic carbocycles. The molecule has 1 rings (SSSR count). The number of Topliss-reactive ketones (excluding diaryl/α,β-unsaturated/α-hetero) is 1. The molecule has 0 amide bonds. The van der Waals surface area contributed by atoms with Crippen LogP contribution in [0.3, 0.4) is 0 Å². The quantitative estimate of drug-likeness (QED) is 0.732. The van der Waals surface area contributed by atoms with Crippen LogP contribution in [0.5, 0.6) is 0 Å². The Morgan fingerprint density at radius 1 is 1.61 bits per heavy atom. The van der Waals surface area contributed by atoms with Crippen LogP contribution in [-0.4, -0.2) is 29.2 Å². The molecular weight excluding hydrogens is 232 g/mol. The van der Waals surface area contributed by atoms with Gasteiger partial charge in [0.05, 0.1) is 13.2 Å². The molecule has 0 spiro atoms. The molecule has 2 atom stereocenters. The highest BCUT2D eigenvalue weighted by Gasteiger charge is 2.18. The molecule has 18 heavy (non-hydrogen) atoms. The SMILES string of the molecule is CCC(O)CC(=O)CCC1C=CC(O)=C(OC)C1. The maximum absolute atomic E-state index is 11.6. The molecule has 2 unspecified atom stereocenters. The molecule has 0 aromatic rings. The van der Waals surface area contributed by atoms with E-state index < -0.39 is 6.10 Å². The minimum Gasteiger partial charge on any atom is -0.505 e. The number of allylic oxidation sites excluding steroid dienone is 3. The van der Waals surface area contributed by atoms with E-state index >= 15 is 0 Å². The zero-order valence-electron chi connectivity index (χ0n) is 11.1. The number of methoxy groups -OCH3 is 1. The molecule has 102 valence electrons. The van der Waals surface area contributed by atoms with Gasteiger partial charge >= 0.3 is 0 Å². The van der Waals surface area contributed by atoms with E-state index in [1.165, 1.54) is 7.11 Å². The first-order valence-corrected chi connectivity index (χ1v) is 6.40. The average molecular weight is 254 g/mol. The summed E-state index contributed by atoms with van der Waals surface area (Å²) in [7, 11) is 1.53. The summed E-state index contributed by atoms with van der Waals surface area (Å²) < 4.78 is 5.08. The van der Waals surface area contributed by atoms with E-state index in [-0.39, 0.29) is 23.9 Å². The third kappa shape index (κ3) is 4.53. The van der Waals surface area contributed by atoms with Gasteiger partial charge in [-0.25, -0.2) is 0 Å². The van der Waals surface area contributed by atoms with Gasteiger partial charge in [-0.15, -0.1) is 0 Å². The molecule has 0 radical (unpaired) electrons. The van der Waals surface area contributed by atoms with E-state index in [2.05, 4.69) is 0 Å². The number of hydrogen-bond donors (Lipinski definition) is 2. The number of aliphatic hydroxyl groups excluding tert-OH is 2. The minimum absolute atomic E-state index is 0.0930. The third-order valence-electron chi connectivity index (χ3n) is 3.23. The van der Waals surface area contributed by atoms with Crippen LogP contribution in [0.25, 0.3) is 0 Å². The van der Waals surface area contributed by atoms with Gasteiger partial charge in [0.15, 0.2) is 5.76 Å². The lowest BCUT2D eigenvalue weighted by Gasteiger charge is -2.19. The Kier molecular flexibility index (Phi) is 5.92. The molecule has 0 saturated heterocycles. The van der Waals surface area contributed by atoms with Crippen LogP contribution in [0.4, 0.5) is 0 Å². The third-order valence-corrected chi connectivity index (χ3v) is 3.23. The first-order valence-electron chi connectivity index (χ1n) is 6.40. The Hall–Kier alpha value is -1.29. The lowest BCUT2D eigenvalue weighted by Crippen LogP contribution is -2.14. The smallest absolute Gasteiger partial charge is 0.152 e. The fourth-order valence-corrected chi connectivity index (χ4v) is 1.97. The van der Waals surface area contributed by atoms with Gasteiger partial charge < -0.3 is 14.9 Å². The van der Waals surface area contributed by atoms with Crippen molar-refractivity contribution in [3.8, 4) is 0 Å². The fourth-order valence-electron chi connectivity index (χ4n) is 1.97. The first kappa shape index (κ1) is 14.8. The van der Waals surface area contributed by atoms with Crippen LogP contribution in [0.1, 0.15) is 39.0 Å². The van der Waals surface area contributed by atoms with Gasteiger partial charge in [0.1, 0.15) is 11.5 Å². The summed E-state index contributed by atoms with van der Waals surface area (Å²) in [6.45, 7) is 1.86. The van der Waals surface area contributed by atoms with Crippen molar-refractivity contribution in [3.63, 3.8) is 0 Å². The van der Waals surface area contributed by atoms with Crippen molar-refractivity contribution < 1.29 is 19.7 Å². The molecule has 0 aliphatic heterocycles. The van der Waals surface area contributed by atoms with Crippen LogP contribution >= 0.6 is 0 Å². The van der Waals surface area contributed by atoms with Crippen molar-refractivity contribution in [1.29, 1.82) is 0 Å². The molecule has 0 heterocycles. The number of aliphatic hydroxyl groups is 2. The van der Waals surface area contributed by atoms with Crippen LogP contribution in [0, 0.1) is 5.92 Å². The van der Waals surface area contributed by atoms with Gasteiger partial charge in [-0.3, -0.25) is 4.79 Å². The molecule has 0 fully saturated rings. The fraction of sp³-hybridized carbons (Fsp3) is 0.643. The minimum atomic E-state index is -0.516. The zero-order valence-corrected chi connectivity index (χ0v) is 11.1. The predicted octanol–water partition coefficient (Wildman–Crippen LogP) is 2.49. The Morgan fingerprint density at radius 2 is 2.33 bits per heavy atom. The largest absolute Gasteiger partial charge is 0.505 e. The summed E-state index contributed by atoms with van der Waals surface area (Å²) in [6.07, 6.45) is 5.68. The van der Waals surface area contributed by atoms with Crippen molar-refractivity contribution in [1.82, 2.24) is 0 Å². The van der Waals surface area contributed by atoms with Gasteiger partial charge in [-0.2, -0.15) is 0 Å². The van der Waals surface area contributed by atoms with Crippen molar-refractivity contribution in [2.45, 2.75) is 45.1 Å². The predicted molar refractivity (Wildman–Crippen MR) is 69.1 cm³/mol. The normalized spacial score (nSPS) is 20.9. The van der Waals surface area contributed by atoms with Gasteiger partial charge in [0.2, 0.25) is 0 Å². The van der Waals surface area contributed by atoms with Crippen LogP contribution in [-0.2, 0) is 9.53 Å². The maximum Gasteiger partial charge on any atom is 0.152 e. The topological polar surface area (TPSA) is 66.8 Å². The van der Waals surface area contributed by atoms with Gasteiger partial charge in [0.25, 0.3) is 0 Å². The van der Waals surface area contributed by atoms with Crippen LogP contribution in [0.2, 0.25) is 0 Å². The lowest BCUT2D eigenvalue weighted by atomic mass is 9.92. The molecular formula is C14H22O4. The number of ketones is 1. The van der Waals surface area contributed by atoms with Crippen molar-refractivity contribution >= 4 is 5.78 Å². The van der Waals surface area contributed by atoms with E-state index in [1.54, 1.807) is 6.08 Å². The number of rotatable bonds is 7. The number of carbonyl (C=O) groups is 1. The van der Waals surface area contributed by atoms with E-state index in [4.69, 9.17) is 4.74 Å². The van der Waals surface area contributed by atoms with Crippen molar-refractivity contribution in [2.24, 2.45) is 5.92 Å². The molecule has 2 N–H and O–H groups in total. The standard InChI is InChI=1S/C14H22O4/c1-3-11(15)9-12(16)6-4-10-5-7-13(17)14(8-10)18-2/h5,7,10-11,15,17H,3-4,6,8-9H2,1-2H3. The molecule has 1 aliphatic rings. The summed E-state index contributed by atoms with van der Waals surface area (Å²) in [6, 6.07) is 0. The second kappa shape index (κ2) is 7.21. The first-order chi connectivity index (χ1) is 8.56. The Bertz CT molecular complexity index is 344. The molecule has 4 heteroatoms. The highest BCUT2D eigenvalue weighted by molar-refractivity contribution is 5.78. The summed E-state index contributed by atoms with van der Waals surface area (Å²) >= 11 is 0. The number of ether oxygens (including phenoxy) is 1. The molecule has 0 aromatic carbocycles. The van der Waals surface area contributed by atoms with Crippen molar-refractivity contribution in [3.05, 3.63) is 23.7 Å². The van der Waals surface area contributed by atoms with Gasteiger partial charge in [0, 0.05) is 19.3 Å². The van der Waals surface area contributed by atoms with E-state index in [1.807, 2.05) is 13.0 Å². The number of hydrogen-bond acceptors (Lipinski definition) is 4. The van der Waals surface area contributed by atoms with Crippen LogP contribution in [0.15, 0.2) is 23.7 Å². The monoisotopic (exact) mass is 254 g/mol. The highest BCUT2D eigenvalue weighted by Crippen LogP contribution is 2.26. The maximum atomic E-state index is 11.6. The number of carbonyl (C=O) groups excluding carboxylic acids is 1. The summed E-state index contributed by atoms with van der Waals surface area (Å²) in [4.78, 5) is 11.6. The summed E-state index contributed by atoms with van der Waals surface area (Å²) in [5.41, 5.74) is 0. The van der Waals surface area contributed by atoms with Crippen LogP contribution < -0.4 is 0 Å². The van der Waals surface area contributed by atoms with Gasteiger partial charge in [-0.05, 0) is 24.8 Å². The van der Waals surface area contributed by atoms with E-state index in [0.717, 1.165) is 6.42 Å². The van der Waals surface area contributed by atoms with E-state index in [0.29, 0.717) is 25.0 Å².